The van der Waals surface area contributed by atoms with E-state index in [0.717, 1.165) is 29.4 Å². The SMILES string of the molecule is COc1ccc2c3c4c(oc13)C1(CC[C@@]4(O)C(N(CC3CC3)C(=O)OCc3ccccc3)C2)OCCO1. The van der Waals surface area contributed by atoms with Gasteiger partial charge in [-0.25, -0.2) is 4.79 Å². The van der Waals surface area contributed by atoms with Crippen molar-refractivity contribution in [3.05, 3.63) is 64.9 Å². The molecule has 1 amide bonds. The number of nitrogens with zero attached hydrogens (tertiary/aromatic N) is 1. The number of hydrogen-bond donors (Lipinski definition) is 1. The van der Waals surface area contributed by atoms with E-state index >= 15 is 0 Å². The number of rotatable bonds is 6. The van der Waals surface area contributed by atoms with Gasteiger partial charge in [-0.1, -0.05) is 36.4 Å². The average Bonchev–Trinajstić information content (AvgIpc) is 3.44. The van der Waals surface area contributed by atoms with Gasteiger partial charge in [0.1, 0.15) is 12.2 Å². The quantitative estimate of drug-likeness (QED) is 0.524. The summed E-state index contributed by atoms with van der Waals surface area (Å²) in [6, 6.07) is 13.1. The minimum atomic E-state index is -1.33. The van der Waals surface area contributed by atoms with Crippen LogP contribution in [0.5, 0.6) is 5.75 Å². The van der Waals surface area contributed by atoms with E-state index in [1.54, 1.807) is 12.0 Å². The van der Waals surface area contributed by atoms with Gasteiger partial charge >= 0.3 is 6.09 Å². The molecule has 7 rings (SSSR count). The third-order valence-corrected chi connectivity index (χ3v) is 8.41. The molecular formula is C29H31NO7. The Morgan fingerprint density at radius 2 is 1.89 bits per heavy atom. The summed E-state index contributed by atoms with van der Waals surface area (Å²) in [5.74, 6) is 0.484. The van der Waals surface area contributed by atoms with Gasteiger partial charge in [-0.2, -0.15) is 0 Å². The van der Waals surface area contributed by atoms with Gasteiger partial charge in [0.2, 0.25) is 5.79 Å². The second-order valence-electron chi connectivity index (χ2n) is 10.7. The normalized spacial score (nSPS) is 25.4. The predicted molar refractivity (Wildman–Crippen MR) is 133 cm³/mol. The van der Waals surface area contributed by atoms with Crippen LogP contribution in [0.25, 0.3) is 11.0 Å². The Kier molecular flexibility index (Phi) is 5.29. The van der Waals surface area contributed by atoms with Crippen LogP contribution in [0.3, 0.4) is 0 Å². The molecule has 3 aromatic rings. The molecule has 1 spiro atoms. The van der Waals surface area contributed by atoms with E-state index in [9.17, 15) is 9.90 Å². The zero-order valence-electron chi connectivity index (χ0n) is 20.9. The fourth-order valence-corrected chi connectivity index (χ4v) is 6.37. The lowest BCUT2D eigenvalue weighted by molar-refractivity contribution is -0.209. The summed E-state index contributed by atoms with van der Waals surface area (Å²) in [6.45, 7) is 1.66. The Hall–Kier alpha value is -3.07. The lowest BCUT2D eigenvalue weighted by Gasteiger charge is -2.49. The number of methoxy groups -OCH3 is 1. The van der Waals surface area contributed by atoms with E-state index < -0.39 is 23.5 Å². The van der Waals surface area contributed by atoms with Crippen molar-refractivity contribution in [1.82, 2.24) is 4.90 Å². The third kappa shape index (κ3) is 3.57. The topological polar surface area (TPSA) is 90.6 Å². The van der Waals surface area contributed by atoms with Crippen LogP contribution in [0.1, 0.15) is 48.1 Å². The van der Waals surface area contributed by atoms with Crippen molar-refractivity contribution in [2.24, 2.45) is 5.92 Å². The van der Waals surface area contributed by atoms with Crippen molar-refractivity contribution in [3.63, 3.8) is 0 Å². The van der Waals surface area contributed by atoms with Crippen LogP contribution in [0.15, 0.2) is 46.9 Å². The summed E-state index contributed by atoms with van der Waals surface area (Å²) in [5.41, 5.74) is 1.85. The van der Waals surface area contributed by atoms with Crippen molar-refractivity contribution in [1.29, 1.82) is 0 Å². The fourth-order valence-electron chi connectivity index (χ4n) is 6.37. The number of furan rings is 1. The summed E-state index contributed by atoms with van der Waals surface area (Å²) in [4.78, 5) is 15.4. The molecule has 1 saturated carbocycles. The van der Waals surface area contributed by atoms with Gasteiger partial charge in [0, 0.05) is 23.9 Å². The zero-order valence-corrected chi connectivity index (χ0v) is 20.9. The number of carbonyl (C=O) groups excluding carboxylic acids is 1. The number of amides is 1. The van der Waals surface area contributed by atoms with Crippen LogP contribution in [0, 0.1) is 5.92 Å². The van der Waals surface area contributed by atoms with Gasteiger partial charge in [0.15, 0.2) is 17.1 Å². The van der Waals surface area contributed by atoms with Crippen molar-refractivity contribution in [2.45, 2.75) is 56.1 Å². The van der Waals surface area contributed by atoms with Gasteiger partial charge in [-0.3, -0.25) is 0 Å². The first kappa shape index (κ1) is 23.1. The molecule has 2 heterocycles. The van der Waals surface area contributed by atoms with Crippen LogP contribution in [-0.2, 0) is 38.6 Å². The van der Waals surface area contributed by atoms with Gasteiger partial charge in [0.05, 0.1) is 26.4 Å². The molecule has 0 radical (unpaired) electrons. The van der Waals surface area contributed by atoms with E-state index in [-0.39, 0.29) is 6.61 Å². The second kappa shape index (κ2) is 8.48. The Bertz CT molecular complexity index is 1340. The first-order chi connectivity index (χ1) is 18.0. The van der Waals surface area contributed by atoms with Gasteiger partial charge < -0.3 is 33.4 Å². The standard InChI is InChI=1S/C29H31NO7/c1-33-21-10-9-20-15-22(30(16-18-7-8-18)27(31)34-17-19-5-3-2-4-6-19)28(32)11-12-29(35-13-14-36-29)26-24(28)23(20)25(21)37-26/h2-6,9-10,18,22,32H,7-8,11-17H2,1H3/t22?,28-/m1/s1. The Morgan fingerprint density at radius 3 is 2.62 bits per heavy atom. The van der Waals surface area contributed by atoms with Crippen LogP contribution in [0.2, 0.25) is 0 Å². The van der Waals surface area contributed by atoms with Crippen molar-refractivity contribution >= 4 is 17.1 Å². The number of ether oxygens (including phenoxy) is 4. The number of hydrogen-bond acceptors (Lipinski definition) is 7. The van der Waals surface area contributed by atoms with Crippen molar-refractivity contribution < 1.29 is 33.3 Å². The molecule has 3 aliphatic carbocycles. The minimum Gasteiger partial charge on any atom is -0.493 e. The highest BCUT2D eigenvalue weighted by Crippen LogP contribution is 2.58. The second-order valence-corrected chi connectivity index (χ2v) is 10.7. The van der Waals surface area contributed by atoms with Crippen LogP contribution >= 0.6 is 0 Å². The summed E-state index contributed by atoms with van der Waals surface area (Å²) in [5, 5.41) is 13.4. The molecule has 2 aromatic carbocycles. The molecule has 8 heteroatoms. The highest BCUT2D eigenvalue weighted by Gasteiger charge is 2.60. The first-order valence-electron chi connectivity index (χ1n) is 13.1. The molecular weight excluding hydrogens is 474 g/mol. The molecule has 4 aliphatic rings. The zero-order chi connectivity index (χ0) is 25.2. The molecule has 1 N–H and O–H groups in total. The molecule has 1 saturated heterocycles. The van der Waals surface area contributed by atoms with E-state index in [1.165, 1.54) is 0 Å². The predicted octanol–water partition coefficient (Wildman–Crippen LogP) is 4.60. The molecule has 37 heavy (non-hydrogen) atoms. The highest BCUT2D eigenvalue weighted by atomic mass is 16.7. The molecule has 0 bridgehead atoms. The van der Waals surface area contributed by atoms with Gasteiger partial charge in [0.25, 0.3) is 0 Å². The first-order valence-corrected chi connectivity index (χ1v) is 13.1. The molecule has 1 aliphatic heterocycles. The maximum atomic E-state index is 13.6. The molecule has 2 atom stereocenters. The highest BCUT2D eigenvalue weighted by molar-refractivity contribution is 5.93. The Labute approximate surface area is 215 Å². The van der Waals surface area contributed by atoms with Crippen LogP contribution < -0.4 is 4.74 Å². The molecule has 8 nitrogen and oxygen atoms in total. The molecule has 1 unspecified atom stereocenters. The smallest absolute Gasteiger partial charge is 0.410 e. The summed E-state index contributed by atoms with van der Waals surface area (Å²) in [6.07, 6.45) is 3.05. The summed E-state index contributed by atoms with van der Waals surface area (Å²) in [7, 11) is 1.61. The van der Waals surface area contributed by atoms with Crippen molar-refractivity contribution in [3.8, 4) is 5.75 Å². The van der Waals surface area contributed by atoms with E-state index in [1.807, 2.05) is 42.5 Å². The Morgan fingerprint density at radius 1 is 1.11 bits per heavy atom. The number of aliphatic hydroxyl groups is 1. The fraction of sp³-hybridized carbons (Fsp3) is 0.483. The number of benzene rings is 2. The molecule has 194 valence electrons. The largest absolute Gasteiger partial charge is 0.493 e. The van der Waals surface area contributed by atoms with Crippen LogP contribution in [0.4, 0.5) is 4.79 Å². The van der Waals surface area contributed by atoms with E-state index in [0.29, 0.717) is 67.6 Å². The number of fused-ring (bicyclic) bond motifs is 1. The monoisotopic (exact) mass is 505 g/mol. The van der Waals surface area contributed by atoms with Gasteiger partial charge in [-0.15, -0.1) is 0 Å². The molecule has 1 aromatic heterocycles. The maximum Gasteiger partial charge on any atom is 0.410 e. The van der Waals surface area contributed by atoms with E-state index in [4.69, 9.17) is 23.4 Å². The summed E-state index contributed by atoms with van der Waals surface area (Å²) < 4.78 is 30.0. The minimum absolute atomic E-state index is 0.186. The number of carbonyl (C=O) groups is 1. The molecule has 2 fully saturated rings. The van der Waals surface area contributed by atoms with Crippen molar-refractivity contribution in [2.75, 3.05) is 26.9 Å². The Balaban J connectivity index is 1.31. The average molecular weight is 506 g/mol. The lowest BCUT2D eigenvalue weighted by atomic mass is 9.68. The van der Waals surface area contributed by atoms with Crippen LogP contribution in [-0.4, -0.2) is 49.0 Å². The van der Waals surface area contributed by atoms with Gasteiger partial charge in [-0.05, 0) is 48.8 Å². The van der Waals surface area contributed by atoms with E-state index in [2.05, 4.69) is 0 Å². The maximum absolute atomic E-state index is 13.6. The third-order valence-electron chi connectivity index (χ3n) is 8.41. The summed E-state index contributed by atoms with van der Waals surface area (Å²) >= 11 is 0. The lowest BCUT2D eigenvalue weighted by Crippen LogP contribution is -2.58.